The van der Waals surface area contributed by atoms with Gasteiger partial charge in [0.05, 0.1) is 17.9 Å². The Hall–Kier alpha value is -1.72. The van der Waals surface area contributed by atoms with Crippen LogP contribution in [0.3, 0.4) is 0 Å². The average molecular weight is 343 g/mol. The van der Waals surface area contributed by atoms with Crippen LogP contribution in [0.1, 0.15) is 32.2 Å². The van der Waals surface area contributed by atoms with Gasteiger partial charge in [-0.05, 0) is 45.0 Å². The smallest absolute Gasteiger partial charge is 0.0544 e. The summed E-state index contributed by atoms with van der Waals surface area (Å²) < 4.78 is -0.174. The van der Waals surface area contributed by atoms with Gasteiger partial charge in [0, 0.05) is 42.5 Å². The molecule has 0 unspecified atom stereocenters. The quantitative estimate of drug-likeness (QED) is 0.588. The van der Waals surface area contributed by atoms with Crippen molar-refractivity contribution in [3.05, 3.63) is 60.2 Å². The van der Waals surface area contributed by atoms with Gasteiger partial charge in [0.2, 0.25) is 0 Å². The van der Waals surface area contributed by atoms with Crippen LogP contribution >= 0.6 is 12.6 Å². The first-order valence-corrected chi connectivity index (χ1v) is 8.66. The molecule has 24 heavy (non-hydrogen) atoms. The van der Waals surface area contributed by atoms with Crippen molar-refractivity contribution in [1.82, 2.24) is 14.9 Å². The topological polar surface area (TPSA) is 41.4 Å². The molecule has 2 heterocycles. The van der Waals surface area contributed by atoms with Crippen molar-refractivity contribution in [2.24, 2.45) is 4.99 Å². The van der Waals surface area contributed by atoms with Crippen LogP contribution in [-0.2, 0) is 13.1 Å². The Bertz CT molecular complexity index is 594. The Morgan fingerprint density at radius 1 is 1.04 bits per heavy atom. The van der Waals surface area contributed by atoms with E-state index in [1.165, 1.54) is 0 Å². The highest BCUT2D eigenvalue weighted by Crippen LogP contribution is 2.14. The van der Waals surface area contributed by atoms with Gasteiger partial charge in [0.1, 0.15) is 0 Å². The van der Waals surface area contributed by atoms with Crippen molar-refractivity contribution in [2.45, 2.75) is 38.6 Å². The summed E-state index contributed by atoms with van der Waals surface area (Å²) in [5, 5.41) is 0. The lowest BCUT2D eigenvalue weighted by molar-refractivity contribution is 0.258. The zero-order chi connectivity index (χ0) is 17.4. The molecule has 0 aliphatic carbocycles. The summed E-state index contributed by atoms with van der Waals surface area (Å²) in [5.74, 6) is 0. The van der Waals surface area contributed by atoms with Gasteiger partial charge in [-0.25, -0.2) is 0 Å². The molecule has 0 spiro atoms. The predicted molar refractivity (Wildman–Crippen MR) is 104 cm³/mol. The van der Waals surface area contributed by atoms with Gasteiger partial charge in [0.25, 0.3) is 0 Å². The Labute approximate surface area is 150 Å². The minimum absolute atomic E-state index is 0.174. The lowest BCUT2D eigenvalue weighted by Gasteiger charge is -2.22. The van der Waals surface area contributed by atoms with Crippen LogP contribution in [0, 0.1) is 0 Å². The predicted octanol–water partition coefficient (Wildman–Crippen LogP) is 3.65. The fourth-order valence-corrected chi connectivity index (χ4v) is 2.28. The van der Waals surface area contributed by atoms with Crippen LogP contribution in [0.5, 0.6) is 0 Å². The van der Waals surface area contributed by atoms with Gasteiger partial charge in [-0.15, -0.1) is 0 Å². The van der Waals surface area contributed by atoms with E-state index in [1.807, 2.05) is 43.6 Å². The molecule has 0 aliphatic heterocycles. The summed E-state index contributed by atoms with van der Waals surface area (Å²) in [6, 6.07) is 12.0. The highest BCUT2D eigenvalue weighted by atomic mass is 32.1. The molecule has 128 valence electrons. The van der Waals surface area contributed by atoms with E-state index < -0.39 is 0 Å². The molecule has 5 heteroatoms. The van der Waals surface area contributed by atoms with Gasteiger partial charge in [-0.1, -0.05) is 12.1 Å². The molecular weight excluding hydrogens is 316 g/mol. The molecule has 2 rings (SSSR count). The Morgan fingerprint density at radius 2 is 1.58 bits per heavy atom. The van der Waals surface area contributed by atoms with E-state index in [4.69, 9.17) is 0 Å². The third-order valence-corrected chi connectivity index (χ3v) is 4.20. The lowest BCUT2D eigenvalue weighted by atomic mass is 10.1. The highest BCUT2D eigenvalue weighted by Gasteiger charge is 2.15. The van der Waals surface area contributed by atoms with Gasteiger partial charge in [0.15, 0.2) is 0 Å². The zero-order valence-corrected chi connectivity index (χ0v) is 15.6. The summed E-state index contributed by atoms with van der Waals surface area (Å²) in [4.78, 5) is 15.9. The molecule has 0 N–H and O–H groups in total. The number of aromatic nitrogens is 2. The minimum Gasteiger partial charge on any atom is -0.292 e. The van der Waals surface area contributed by atoms with E-state index in [2.05, 4.69) is 58.5 Å². The number of hydrogen-bond acceptors (Lipinski definition) is 5. The Kier molecular flexibility index (Phi) is 6.94. The van der Waals surface area contributed by atoms with Crippen molar-refractivity contribution in [3.8, 4) is 0 Å². The summed E-state index contributed by atoms with van der Waals surface area (Å²) >= 11 is 4.57. The first-order chi connectivity index (χ1) is 11.4. The maximum absolute atomic E-state index is 4.68. The second-order valence-electron chi connectivity index (χ2n) is 6.38. The van der Waals surface area contributed by atoms with Crippen molar-refractivity contribution in [3.63, 3.8) is 0 Å². The van der Waals surface area contributed by atoms with Gasteiger partial charge < -0.3 is 0 Å². The van der Waals surface area contributed by atoms with Gasteiger partial charge in [-0.3, -0.25) is 19.9 Å². The highest BCUT2D eigenvalue weighted by molar-refractivity contribution is 7.82. The molecule has 0 saturated carbocycles. The SMILES string of the molecule is CC(=NCCN(Cc1ccccn1)Cc1ccccn1)C(C)(C)S. The van der Waals surface area contributed by atoms with E-state index >= 15 is 0 Å². The maximum Gasteiger partial charge on any atom is 0.0544 e. The van der Waals surface area contributed by atoms with E-state index in [1.54, 1.807) is 0 Å². The van der Waals surface area contributed by atoms with E-state index in [9.17, 15) is 0 Å². The fourth-order valence-electron chi connectivity index (χ4n) is 2.21. The van der Waals surface area contributed by atoms with Crippen molar-refractivity contribution < 1.29 is 0 Å². The Balaban J connectivity index is 2.02. The van der Waals surface area contributed by atoms with Gasteiger partial charge in [-0.2, -0.15) is 12.6 Å². The first kappa shape index (κ1) is 18.6. The minimum atomic E-state index is -0.174. The largest absolute Gasteiger partial charge is 0.292 e. The number of rotatable bonds is 8. The number of thiol groups is 1. The molecule has 0 saturated heterocycles. The summed E-state index contributed by atoms with van der Waals surface area (Å²) in [5.41, 5.74) is 3.17. The first-order valence-electron chi connectivity index (χ1n) is 8.21. The van der Waals surface area contributed by atoms with E-state index in [-0.39, 0.29) is 4.75 Å². The van der Waals surface area contributed by atoms with Crippen LogP contribution in [0.2, 0.25) is 0 Å². The van der Waals surface area contributed by atoms with Crippen LogP contribution in [0.15, 0.2) is 53.8 Å². The molecule has 0 aromatic carbocycles. The molecule has 0 radical (unpaired) electrons. The Morgan fingerprint density at radius 3 is 2.00 bits per heavy atom. The lowest BCUT2D eigenvalue weighted by Crippen LogP contribution is -2.28. The van der Waals surface area contributed by atoms with Crippen LogP contribution in [0.25, 0.3) is 0 Å². The number of pyridine rings is 2. The van der Waals surface area contributed by atoms with Crippen LogP contribution in [0.4, 0.5) is 0 Å². The summed E-state index contributed by atoms with van der Waals surface area (Å²) in [7, 11) is 0. The van der Waals surface area contributed by atoms with Gasteiger partial charge >= 0.3 is 0 Å². The summed E-state index contributed by atoms with van der Waals surface area (Å²) in [6.07, 6.45) is 3.67. The molecule has 0 aliphatic rings. The number of hydrogen-bond donors (Lipinski definition) is 1. The zero-order valence-electron chi connectivity index (χ0n) is 14.7. The van der Waals surface area contributed by atoms with Crippen LogP contribution < -0.4 is 0 Å². The van der Waals surface area contributed by atoms with Crippen LogP contribution in [-0.4, -0.2) is 38.4 Å². The number of aliphatic imine (C=N–C) groups is 1. The fraction of sp³-hybridized carbons (Fsp3) is 0.421. The molecule has 0 bridgehead atoms. The second-order valence-corrected chi connectivity index (χ2v) is 7.50. The third-order valence-electron chi connectivity index (χ3n) is 3.87. The third kappa shape index (κ3) is 6.42. The molecule has 0 atom stereocenters. The monoisotopic (exact) mass is 342 g/mol. The summed E-state index contributed by atoms with van der Waals surface area (Å²) in [6.45, 7) is 9.34. The number of nitrogens with zero attached hydrogens (tertiary/aromatic N) is 4. The molecule has 2 aromatic heterocycles. The maximum atomic E-state index is 4.68. The van der Waals surface area contributed by atoms with E-state index in [0.717, 1.165) is 43.3 Å². The average Bonchev–Trinajstić information content (AvgIpc) is 2.55. The molecule has 4 nitrogen and oxygen atoms in total. The van der Waals surface area contributed by atoms with Crippen molar-refractivity contribution in [1.29, 1.82) is 0 Å². The molecule has 0 amide bonds. The van der Waals surface area contributed by atoms with Crippen molar-refractivity contribution in [2.75, 3.05) is 13.1 Å². The second kappa shape index (κ2) is 8.94. The standard InChI is InChI=1S/C19H26N4S/c1-16(19(2,3)24)20-12-13-23(14-17-8-4-6-10-21-17)15-18-9-5-7-11-22-18/h4-11,24H,12-15H2,1-3H3. The molecular formula is C19H26N4S. The normalized spacial score (nSPS) is 12.6. The molecule has 2 aromatic rings. The van der Waals surface area contributed by atoms with E-state index in [0.29, 0.717) is 0 Å². The molecule has 0 fully saturated rings. The van der Waals surface area contributed by atoms with Crippen molar-refractivity contribution >= 4 is 18.3 Å².